The lowest BCUT2D eigenvalue weighted by atomic mass is 9.97. The Morgan fingerprint density at radius 2 is 2.21 bits per heavy atom. The van der Waals surface area contributed by atoms with Crippen LogP contribution in [0.25, 0.3) is 0 Å². The fourth-order valence-electron chi connectivity index (χ4n) is 2.19. The third-order valence-electron chi connectivity index (χ3n) is 3.11. The molecule has 1 aromatic rings. The van der Waals surface area contributed by atoms with E-state index in [9.17, 15) is 0 Å². The van der Waals surface area contributed by atoms with Crippen molar-refractivity contribution < 1.29 is 0 Å². The maximum Gasteiger partial charge on any atom is 0.244 e. The highest BCUT2D eigenvalue weighted by Crippen LogP contribution is 2.19. The predicted molar refractivity (Wildman–Crippen MR) is 78.2 cm³/mol. The highest BCUT2D eigenvalue weighted by atomic mass is 15.3. The average molecular weight is 261 g/mol. The van der Waals surface area contributed by atoms with Gasteiger partial charge in [-0.3, -0.25) is 0 Å². The molecule has 1 aliphatic rings. The van der Waals surface area contributed by atoms with Gasteiger partial charge < -0.3 is 10.6 Å². The van der Waals surface area contributed by atoms with Gasteiger partial charge in [0.2, 0.25) is 5.95 Å². The van der Waals surface area contributed by atoms with Crippen molar-refractivity contribution in [2.45, 2.75) is 52.0 Å². The van der Waals surface area contributed by atoms with E-state index in [2.05, 4.69) is 45.7 Å². The van der Waals surface area contributed by atoms with E-state index >= 15 is 0 Å². The lowest BCUT2D eigenvalue weighted by Crippen LogP contribution is -2.14. The Balaban J connectivity index is 1.80. The normalized spacial score (nSPS) is 15.2. The molecule has 1 aliphatic carbocycles. The predicted octanol–water partition coefficient (Wildman–Crippen LogP) is 2.99. The summed E-state index contributed by atoms with van der Waals surface area (Å²) >= 11 is 0. The first-order valence-corrected chi connectivity index (χ1v) is 7.12. The monoisotopic (exact) mass is 261 g/mol. The lowest BCUT2D eigenvalue weighted by Gasteiger charge is -2.13. The van der Waals surface area contributed by atoms with Gasteiger partial charge in [-0.1, -0.05) is 11.6 Å². The topological polar surface area (TPSA) is 62.7 Å². The van der Waals surface area contributed by atoms with E-state index in [0.717, 1.165) is 18.8 Å². The molecular weight excluding hydrogens is 238 g/mol. The fraction of sp³-hybridized carbons (Fsp3) is 0.643. The molecule has 0 aliphatic heterocycles. The molecular formula is C14H23N5. The summed E-state index contributed by atoms with van der Waals surface area (Å²) in [4.78, 5) is 4.38. The number of hydrogen-bond donors (Lipinski definition) is 2. The summed E-state index contributed by atoms with van der Waals surface area (Å²) < 4.78 is 0. The minimum Gasteiger partial charge on any atom is -0.368 e. The molecule has 0 saturated carbocycles. The van der Waals surface area contributed by atoms with E-state index in [-0.39, 0.29) is 0 Å². The largest absolute Gasteiger partial charge is 0.368 e. The molecule has 5 heteroatoms. The summed E-state index contributed by atoms with van der Waals surface area (Å²) in [7, 11) is 0. The number of nitrogens with one attached hydrogen (secondary N) is 2. The number of rotatable bonds is 6. The Labute approximate surface area is 114 Å². The summed E-state index contributed by atoms with van der Waals surface area (Å²) in [6.07, 6.45) is 10.3. The minimum atomic E-state index is 0.310. The lowest BCUT2D eigenvalue weighted by molar-refractivity contribution is 0.679. The first-order chi connectivity index (χ1) is 9.24. The number of aromatic nitrogens is 3. The molecule has 1 aromatic heterocycles. The van der Waals surface area contributed by atoms with E-state index in [1.54, 1.807) is 11.8 Å². The highest BCUT2D eigenvalue weighted by Gasteiger charge is 2.04. The SMILES string of the molecule is CC(C)Nc1nncc(NCCC2=CCCCC2)n1. The molecule has 2 N–H and O–H groups in total. The van der Waals surface area contributed by atoms with Gasteiger partial charge in [0.25, 0.3) is 0 Å². The fourth-order valence-corrected chi connectivity index (χ4v) is 2.19. The molecule has 0 bridgehead atoms. The van der Waals surface area contributed by atoms with Gasteiger partial charge in [-0.2, -0.15) is 10.1 Å². The molecule has 0 aromatic carbocycles. The molecule has 0 fully saturated rings. The quantitative estimate of drug-likeness (QED) is 0.771. The summed E-state index contributed by atoms with van der Waals surface area (Å²) in [6.45, 7) is 5.02. The number of hydrogen-bond acceptors (Lipinski definition) is 5. The third kappa shape index (κ3) is 4.85. The van der Waals surface area contributed by atoms with E-state index in [1.165, 1.54) is 25.7 Å². The van der Waals surface area contributed by atoms with Crippen molar-refractivity contribution in [1.29, 1.82) is 0 Å². The van der Waals surface area contributed by atoms with Crippen LogP contribution in [-0.2, 0) is 0 Å². The van der Waals surface area contributed by atoms with Crippen molar-refractivity contribution in [2.75, 3.05) is 17.2 Å². The van der Waals surface area contributed by atoms with Gasteiger partial charge in [0.15, 0.2) is 5.82 Å². The van der Waals surface area contributed by atoms with Crippen LogP contribution >= 0.6 is 0 Å². The van der Waals surface area contributed by atoms with Crippen LogP contribution in [0.1, 0.15) is 46.0 Å². The standard InChI is InChI=1S/C14H23N5/c1-11(2)17-14-18-13(10-16-19-14)15-9-8-12-6-4-3-5-7-12/h6,10-11H,3-5,7-9H2,1-2H3,(H2,15,17,18,19). The number of allylic oxidation sites excluding steroid dienone is 1. The maximum atomic E-state index is 4.38. The molecule has 0 amide bonds. The van der Waals surface area contributed by atoms with Crippen LogP contribution in [0.4, 0.5) is 11.8 Å². The molecule has 0 spiro atoms. The molecule has 19 heavy (non-hydrogen) atoms. The molecule has 1 heterocycles. The van der Waals surface area contributed by atoms with Crippen LogP contribution in [0.5, 0.6) is 0 Å². The van der Waals surface area contributed by atoms with Gasteiger partial charge >= 0.3 is 0 Å². The summed E-state index contributed by atoms with van der Waals surface area (Å²) in [6, 6.07) is 0.310. The zero-order valence-corrected chi connectivity index (χ0v) is 11.8. The molecule has 5 nitrogen and oxygen atoms in total. The Morgan fingerprint density at radius 1 is 1.32 bits per heavy atom. The molecule has 104 valence electrons. The second-order valence-corrected chi connectivity index (χ2v) is 5.25. The number of nitrogens with zero attached hydrogens (tertiary/aromatic N) is 3. The van der Waals surface area contributed by atoms with E-state index in [4.69, 9.17) is 0 Å². The van der Waals surface area contributed by atoms with E-state index < -0.39 is 0 Å². The minimum absolute atomic E-state index is 0.310. The Hall–Kier alpha value is -1.65. The summed E-state index contributed by atoms with van der Waals surface area (Å²) in [5.41, 5.74) is 1.57. The van der Waals surface area contributed by atoms with Crippen molar-refractivity contribution >= 4 is 11.8 Å². The Morgan fingerprint density at radius 3 is 2.95 bits per heavy atom. The highest BCUT2D eigenvalue weighted by molar-refractivity contribution is 5.37. The van der Waals surface area contributed by atoms with Crippen LogP contribution in [0.3, 0.4) is 0 Å². The van der Waals surface area contributed by atoms with Crippen molar-refractivity contribution in [2.24, 2.45) is 0 Å². The van der Waals surface area contributed by atoms with Crippen molar-refractivity contribution in [1.82, 2.24) is 15.2 Å². The third-order valence-corrected chi connectivity index (χ3v) is 3.11. The smallest absolute Gasteiger partial charge is 0.244 e. The second kappa shape index (κ2) is 7.07. The summed E-state index contributed by atoms with van der Waals surface area (Å²) in [5, 5.41) is 14.4. The van der Waals surface area contributed by atoms with E-state index in [0.29, 0.717) is 12.0 Å². The van der Waals surface area contributed by atoms with Crippen LogP contribution in [0, 0.1) is 0 Å². The average Bonchev–Trinajstić information content (AvgIpc) is 2.40. The van der Waals surface area contributed by atoms with Crippen LogP contribution in [-0.4, -0.2) is 27.8 Å². The number of anilines is 2. The van der Waals surface area contributed by atoms with Gasteiger partial charge in [-0.15, -0.1) is 5.10 Å². The van der Waals surface area contributed by atoms with Crippen molar-refractivity contribution in [3.05, 3.63) is 17.8 Å². The molecule has 0 saturated heterocycles. The zero-order chi connectivity index (χ0) is 13.5. The van der Waals surface area contributed by atoms with Crippen LogP contribution in [0.2, 0.25) is 0 Å². The first-order valence-electron chi connectivity index (χ1n) is 7.12. The van der Waals surface area contributed by atoms with Gasteiger partial charge in [0, 0.05) is 12.6 Å². The van der Waals surface area contributed by atoms with Crippen molar-refractivity contribution in [3.8, 4) is 0 Å². The first kappa shape index (κ1) is 13.8. The molecule has 2 rings (SSSR count). The van der Waals surface area contributed by atoms with Gasteiger partial charge in [0.05, 0.1) is 6.20 Å². The van der Waals surface area contributed by atoms with Gasteiger partial charge in [0.1, 0.15) is 0 Å². The van der Waals surface area contributed by atoms with Crippen LogP contribution in [0.15, 0.2) is 17.8 Å². The Kier molecular flexibility index (Phi) is 5.12. The van der Waals surface area contributed by atoms with Crippen molar-refractivity contribution in [3.63, 3.8) is 0 Å². The summed E-state index contributed by atoms with van der Waals surface area (Å²) in [5.74, 6) is 1.37. The maximum absolute atomic E-state index is 4.38. The molecule has 0 radical (unpaired) electrons. The second-order valence-electron chi connectivity index (χ2n) is 5.25. The zero-order valence-electron chi connectivity index (χ0n) is 11.8. The van der Waals surface area contributed by atoms with Crippen LogP contribution < -0.4 is 10.6 Å². The van der Waals surface area contributed by atoms with E-state index in [1.807, 2.05) is 0 Å². The molecule has 0 unspecified atom stereocenters. The molecule has 0 atom stereocenters. The van der Waals surface area contributed by atoms with Gasteiger partial charge in [-0.25, -0.2) is 0 Å². The Bertz CT molecular complexity index is 428. The van der Waals surface area contributed by atoms with Gasteiger partial charge in [-0.05, 0) is 46.0 Å².